The van der Waals surface area contributed by atoms with E-state index in [-0.39, 0.29) is 5.91 Å². The van der Waals surface area contributed by atoms with Crippen LogP contribution in [-0.4, -0.2) is 33.7 Å². The molecule has 0 saturated carbocycles. The Morgan fingerprint density at radius 1 is 1.32 bits per heavy atom. The van der Waals surface area contributed by atoms with E-state index in [1.807, 2.05) is 24.0 Å². The highest BCUT2D eigenvalue weighted by molar-refractivity contribution is 5.93. The van der Waals surface area contributed by atoms with Crippen LogP contribution in [0.2, 0.25) is 0 Å². The van der Waals surface area contributed by atoms with Crippen molar-refractivity contribution in [1.82, 2.24) is 14.7 Å². The second kappa shape index (κ2) is 4.57. The minimum atomic E-state index is 0.0574. The Balaban J connectivity index is 1.90. The molecule has 1 saturated heterocycles. The average Bonchev–Trinajstić information content (AvgIpc) is 3.08. The van der Waals surface area contributed by atoms with E-state index in [0.717, 1.165) is 31.7 Å². The monoisotopic (exact) mass is 259 g/mol. The molecule has 1 aliphatic heterocycles. The average molecular weight is 259 g/mol. The lowest BCUT2D eigenvalue weighted by Crippen LogP contribution is -2.29. The summed E-state index contributed by atoms with van der Waals surface area (Å²) in [7, 11) is 1.79. The number of amides is 1. The number of carbonyl (C=O) groups excluding carboxylic acids is 1. The number of nitrogens with zero attached hydrogens (tertiary/aromatic N) is 3. The first kappa shape index (κ1) is 12.0. The number of aromatic nitrogens is 2. The van der Waals surface area contributed by atoms with Gasteiger partial charge >= 0.3 is 0 Å². The van der Waals surface area contributed by atoms with Crippen LogP contribution >= 0.6 is 0 Å². The van der Waals surface area contributed by atoms with Crippen molar-refractivity contribution >= 4 is 5.91 Å². The fraction of sp³-hybridized carbons (Fsp3) is 0.429. The van der Waals surface area contributed by atoms with Gasteiger partial charge in [0.15, 0.2) is 5.76 Å². The van der Waals surface area contributed by atoms with E-state index in [9.17, 15) is 4.79 Å². The van der Waals surface area contributed by atoms with E-state index in [2.05, 4.69) is 5.10 Å². The summed E-state index contributed by atoms with van der Waals surface area (Å²) in [5.74, 6) is 1.60. The second-order valence-corrected chi connectivity index (χ2v) is 4.95. The van der Waals surface area contributed by atoms with Crippen molar-refractivity contribution in [3.63, 3.8) is 0 Å². The van der Waals surface area contributed by atoms with Gasteiger partial charge < -0.3 is 9.32 Å². The van der Waals surface area contributed by atoms with Crippen molar-refractivity contribution in [3.05, 3.63) is 29.7 Å². The van der Waals surface area contributed by atoms with Gasteiger partial charge in [0.25, 0.3) is 5.91 Å². The van der Waals surface area contributed by atoms with E-state index in [1.54, 1.807) is 17.8 Å². The number of aryl methyl sites for hydroxylation is 2. The van der Waals surface area contributed by atoms with Crippen LogP contribution in [0.3, 0.4) is 0 Å². The molecule has 3 heterocycles. The van der Waals surface area contributed by atoms with E-state index < -0.39 is 0 Å². The van der Waals surface area contributed by atoms with Gasteiger partial charge in [0.2, 0.25) is 0 Å². The molecule has 3 rings (SSSR count). The minimum Gasteiger partial charge on any atom is -0.460 e. The molecular weight excluding hydrogens is 242 g/mol. The molecule has 0 spiro atoms. The number of hydrogen-bond donors (Lipinski definition) is 0. The smallest absolute Gasteiger partial charge is 0.272 e. The molecule has 1 fully saturated rings. The van der Waals surface area contributed by atoms with Gasteiger partial charge in [-0.2, -0.15) is 5.10 Å². The normalized spacial score (nSPS) is 15.2. The first-order chi connectivity index (χ1) is 9.15. The van der Waals surface area contributed by atoms with Crippen molar-refractivity contribution in [2.45, 2.75) is 19.8 Å². The summed E-state index contributed by atoms with van der Waals surface area (Å²) in [6, 6.07) is 5.58. The van der Waals surface area contributed by atoms with Crippen LogP contribution < -0.4 is 0 Å². The van der Waals surface area contributed by atoms with Gasteiger partial charge in [0, 0.05) is 26.2 Å². The van der Waals surface area contributed by atoms with Crippen molar-refractivity contribution in [3.8, 4) is 11.5 Å². The predicted molar refractivity (Wildman–Crippen MR) is 70.8 cm³/mol. The van der Waals surface area contributed by atoms with Crippen molar-refractivity contribution in [2.75, 3.05) is 13.1 Å². The lowest BCUT2D eigenvalue weighted by atomic mass is 10.3. The SMILES string of the molecule is Cc1ccc(-c2cc(C(=O)N3CCCC3)n(C)n2)o1. The summed E-state index contributed by atoms with van der Waals surface area (Å²) in [6.45, 7) is 3.58. The molecule has 5 heteroatoms. The molecule has 1 aliphatic rings. The molecule has 0 aliphatic carbocycles. The van der Waals surface area contributed by atoms with Gasteiger partial charge in [-0.25, -0.2) is 0 Å². The first-order valence-corrected chi connectivity index (χ1v) is 6.55. The Morgan fingerprint density at radius 3 is 2.68 bits per heavy atom. The Bertz CT molecular complexity index is 606. The second-order valence-electron chi connectivity index (χ2n) is 4.95. The van der Waals surface area contributed by atoms with E-state index >= 15 is 0 Å². The molecule has 0 unspecified atom stereocenters. The van der Waals surface area contributed by atoms with E-state index in [1.165, 1.54) is 0 Å². The maximum Gasteiger partial charge on any atom is 0.272 e. The molecule has 0 radical (unpaired) electrons. The summed E-state index contributed by atoms with van der Waals surface area (Å²) < 4.78 is 7.18. The molecule has 0 N–H and O–H groups in total. The first-order valence-electron chi connectivity index (χ1n) is 6.55. The van der Waals surface area contributed by atoms with Gasteiger partial charge in [-0.1, -0.05) is 0 Å². The van der Waals surface area contributed by atoms with Gasteiger partial charge in [0.1, 0.15) is 17.1 Å². The number of likely N-dealkylation sites (tertiary alicyclic amines) is 1. The maximum absolute atomic E-state index is 12.4. The molecule has 0 atom stereocenters. The molecule has 2 aromatic heterocycles. The van der Waals surface area contributed by atoms with Crippen LogP contribution in [0.1, 0.15) is 29.1 Å². The molecule has 1 amide bonds. The summed E-state index contributed by atoms with van der Waals surface area (Å²) in [4.78, 5) is 14.2. The summed E-state index contributed by atoms with van der Waals surface area (Å²) in [5, 5.41) is 4.36. The van der Waals surface area contributed by atoms with Crippen LogP contribution in [0, 0.1) is 6.92 Å². The van der Waals surface area contributed by atoms with Gasteiger partial charge in [-0.05, 0) is 31.9 Å². The minimum absolute atomic E-state index is 0.0574. The Morgan fingerprint density at radius 2 is 2.05 bits per heavy atom. The largest absolute Gasteiger partial charge is 0.460 e. The number of rotatable bonds is 2. The van der Waals surface area contributed by atoms with Crippen molar-refractivity contribution in [2.24, 2.45) is 7.05 Å². The Kier molecular flexibility index (Phi) is 2.89. The van der Waals surface area contributed by atoms with Crippen LogP contribution in [0.4, 0.5) is 0 Å². The Labute approximate surface area is 111 Å². The zero-order chi connectivity index (χ0) is 13.4. The van der Waals surface area contributed by atoms with Gasteiger partial charge in [-0.3, -0.25) is 9.48 Å². The fourth-order valence-corrected chi connectivity index (χ4v) is 2.44. The highest BCUT2D eigenvalue weighted by Crippen LogP contribution is 2.22. The standard InChI is InChI=1S/C14H17N3O2/c1-10-5-6-13(19-10)11-9-12(16(2)15-11)14(18)17-7-3-4-8-17/h5-6,9H,3-4,7-8H2,1-2H3. The number of carbonyl (C=O) groups is 1. The van der Waals surface area contributed by atoms with Crippen molar-refractivity contribution in [1.29, 1.82) is 0 Å². The van der Waals surface area contributed by atoms with Crippen LogP contribution in [0.15, 0.2) is 22.6 Å². The molecule has 100 valence electrons. The highest BCUT2D eigenvalue weighted by Gasteiger charge is 2.23. The molecular formula is C14H17N3O2. The zero-order valence-corrected chi connectivity index (χ0v) is 11.2. The summed E-state index contributed by atoms with van der Waals surface area (Å²) in [5.41, 5.74) is 1.32. The quantitative estimate of drug-likeness (QED) is 0.831. The lowest BCUT2D eigenvalue weighted by Gasteiger charge is -2.14. The third kappa shape index (κ3) is 2.16. The molecule has 0 aromatic carbocycles. The maximum atomic E-state index is 12.4. The summed E-state index contributed by atoms with van der Waals surface area (Å²) >= 11 is 0. The topological polar surface area (TPSA) is 51.3 Å². The lowest BCUT2D eigenvalue weighted by molar-refractivity contribution is 0.0782. The number of furan rings is 1. The molecule has 5 nitrogen and oxygen atoms in total. The van der Waals surface area contributed by atoms with Gasteiger partial charge in [0.05, 0.1) is 0 Å². The Hall–Kier alpha value is -2.04. The fourth-order valence-electron chi connectivity index (χ4n) is 2.44. The molecule has 0 bridgehead atoms. The van der Waals surface area contributed by atoms with Crippen molar-refractivity contribution < 1.29 is 9.21 Å². The third-order valence-corrected chi connectivity index (χ3v) is 3.49. The third-order valence-electron chi connectivity index (χ3n) is 3.49. The van der Waals surface area contributed by atoms with Crippen LogP contribution in [-0.2, 0) is 7.05 Å². The van der Waals surface area contributed by atoms with Crippen LogP contribution in [0.25, 0.3) is 11.5 Å². The summed E-state index contributed by atoms with van der Waals surface area (Å²) in [6.07, 6.45) is 2.18. The number of hydrogen-bond acceptors (Lipinski definition) is 3. The van der Waals surface area contributed by atoms with Gasteiger partial charge in [-0.15, -0.1) is 0 Å². The highest BCUT2D eigenvalue weighted by atomic mass is 16.3. The van der Waals surface area contributed by atoms with Crippen LogP contribution in [0.5, 0.6) is 0 Å². The van der Waals surface area contributed by atoms with E-state index in [0.29, 0.717) is 17.1 Å². The molecule has 19 heavy (non-hydrogen) atoms. The molecule has 2 aromatic rings. The predicted octanol–water partition coefficient (Wildman–Crippen LogP) is 2.22. The zero-order valence-electron chi connectivity index (χ0n) is 11.2. The van der Waals surface area contributed by atoms with E-state index in [4.69, 9.17) is 4.42 Å².